The fourth-order valence-electron chi connectivity index (χ4n) is 3.84. The molecule has 0 unspecified atom stereocenters. The third kappa shape index (κ3) is 3.49. The molecule has 2 saturated heterocycles. The van der Waals surface area contributed by atoms with E-state index in [1.54, 1.807) is 6.07 Å². The summed E-state index contributed by atoms with van der Waals surface area (Å²) < 4.78 is 14.0. The number of rotatable bonds is 3. The molecule has 0 atom stereocenters. The monoisotopic (exact) mass is 357 g/mol. The standard InChI is InChI=1S/C19H24FN5O/c20-16-6-4-5-15-18(16)21-14-22-19(15)25-11-9-23(10-12-25)13-17(26)24-7-2-1-3-8-24/h4-6,14H,1-3,7-13H2. The Labute approximate surface area is 152 Å². The predicted octanol–water partition coefficient (Wildman–Crippen LogP) is 1.90. The quantitative estimate of drug-likeness (QED) is 0.840. The van der Waals surface area contributed by atoms with Gasteiger partial charge in [-0.3, -0.25) is 9.69 Å². The molecular weight excluding hydrogens is 333 g/mol. The summed E-state index contributed by atoms with van der Waals surface area (Å²) in [5.74, 6) is 0.695. The molecule has 1 aromatic carbocycles. The Morgan fingerprint density at radius 3 is 2.54 bits per heavy atom. The van der Waals surface area contributed by atoms with E-state index in [1.165, 1.54) is 18.8 Å². The Balaban J connectivity index is 1.39. The van der Waals surface area contributed by atoms with Crippen molar-refractivity contribution in [1.29, 1.82) is 0 Å². The summed E-state index contributed by atoms with van der Waals surface area (Å²) in [5, 5.41) is 0.741. The molecule has 138 valence electrons. The number of halogens is 1. The highest BCUT2D eigenvalue weighted by Gasteiger charge is 2.24. The predicted molar refractivity (Wildman–Crippen MR) is 98.6 cm³/mol. The van der Waals surface area contributed by atoms with Crippen molar-refractivity contribution in [3.05, 3.63) is 30.3 Å². The second kappa shape index (κ2) is 7.53. The van der Waals surface area contributed by atoms with Crippen molar-refractivity contribution in [2.45, 2.75) is 19.3 Å². The number of hydrogen-bond acceptors (Lipinski definition) is 5. The first-order valence-electron chi connectivity index (χ1n) is 9.37. The number of fused-ring (bicyclic) bond motifs is 1. The summed E-state index contributed by atoms with van der Waals surface area (Å²) in [6.45, 7) is 5.45. The van der Waals surface area contributed by atoms with Crippen LogP contribution in [0.2, 0.25) is 0 Å². The van der Waals surface area contributed by atoms with Crippen molar-refractivity contribution in [1.82, 2.24) is 19.8 Å². The van der Waals surface area contributed by atoms with E-state index in [1.807, 2.05) is 11.0 Å². The maximum Gasteiger partial charge on any atom is 0.236 e. The molecule has 1 amide bonds. The molecule has 0 N–H and O–H groups in total. The molecule has 2 fully saturated rings. The molecule has 2 aliphatic heterocycles. The first-order valence-corrected chi connectivity index (χ1v) is 9.37. The number of piperazine rings is 1. The summed E-state index contributed by atoms with van der Waals surface area (Å²) in [5.41, 5.74) is 0.361. The summed E-state index contributed by atoms with van der Waals surface area (Å²) in [6.07, 6.45) is 4.90. The van der Waals surface area contributed by atoms with Crippen LogP contribution in [0.4, 0.5) is 10.2 Å². The number of anilines is 1. The zero-order valence-electron chi connectivity index (χ0n) is 14.9. The molecule has 0 spiro atoms. The number of nitrogens with zero attached hydrogens (tertiary/aromatic N) is 5. The minimum Gasteiger partial charge on any atom is -0.353 e. The number of para-hydroxylation sites is 1. The zero-order chi connectivity index (χ0) is 17.9. The van der Waals surface area contributed by atoms with Crippen molar-refractivity contribution in [3.63, 3.8) is 0 Å². The highest BCUT2D eigenvalue weighted by molar-refractivity contribution is 5.89. The maximum absolute atomic E-state index is 14.0. The normalized spacial score (nSPS) is 19.1. The van der Waals surface area contributed by atoms with E-state index < -0.39 is 0 Å². The summed E-state index contributed by atoms with van der Waals surface area (Å²) in [7, 11) is 0. The third-order valence-electron chi connectivity index (χ3n) is 5.33. The van der Waals surface area contributed by atoms with Gasteiger partial charge in [0.1, 0.15) is 23.5 Å². The molecule has 26 heavy (non-hydrogen) atoms. The lowest BCUT2D eigenvalue weighted by Crippen LogP contribution is -2.51. The SMILES string of the molecule is O=C(CN1CCN(c2ncnc3c(F)cccc23)CC1)N1CCCCC1. The molecule has 0 aliphatic carbocycles. The first-order chi connectivity index (χ1) is 12.7. The molecule has 4 rings (SSSR count). The maximum atomic E-state index is 14.0. The van der Waals surface area contributed by atoms with Crippen LogP contribution in [0.25, 0.3) is 10.9 Å². The molecule has 0 bridgehead atoms. The summed E-state index contributed by atoms with van der Waals surface area (Å²) >= 11 is 0. The topological polar surface area (TPSA) is 52.6 Å². The van der Waals surface area contributed by atoms with Crippen molar-refractivity contribution < 1.29 is 9.18 Å². The average molecular weight is 357 g/mol. The smallest absolute Gasteiger partial charge is 0.236 e. The van der Waals surface area contributed by atoms with Gasteiger partial charge in [-0.15, -0.1) is 0 Å². The Kier molecular flexibility index (Phi) is 4.97. The van der Waals surface area contributed by atoms with Gasteiger partial charge in [0.05, 0.1) is 6.54 Å². The van der Waals surface area contributed by atoms with E-state index in [0.717, 1.165) is 63.3 Å². The Bertz CT molecular complexity index is 785. The van der Waals surface area contributed by atoms with Crippen LogP contribution in [-0.2, 0) is 4.79 Å². The van der Waals surface area contributed by atoms with Gasteiger partial charge in [-0.1, -0.05) is 6.07 Å². The van der Waals surface area contributed by atoms with Crippen LogP contribution in [0.1, 0.15) is 19.3 Å². The number of aromatic nitrogens is 2. The van der Waals surface area contributed by atoms with Gasteiger partial charge >= 0.3 is 0 Å². The number of benzene rings is 1. The molecule has 1 aromatic heterocycles. The minimum atomic E-state index is -0.322. The van der Waals surface area contributed by atoms with Crippen molar-refractivity contribution >= 4 is 22.6 Å². The van der Waals surface area contributed by atoms with E-state index in [9.17, 15) is 9.18 Å². The van der Waals surface area contributed by atoms with Gasteiger partial charge in [-0.25, -0.2) is 14.4 Å². The highest BCUT2D eigenvalue weighted by atomic mass is 19.1. The Hall–Kier alpha value is -2.28. The zero-order valence-corrected chi connectivity index (χ0v) is 14.9. The van der Waals surface area contributed by atoms with Crippen LogP contribution in [0.3, 0.4) is 0 Å². The van der Waals surface area contributed by atoms with E-state index in [4.69, 9.17) is 0 Å². The van der Waals surface area contributed by atoms with Crippen LogP contribution in [0.15, 0.2) is 24.5 Å². The lowest BCUT2D eigenvalue weighted by atomic mass is 10.1. The second-order valence-corrected chi connectivity index (χ2v) is 7.04. The van der Waals surface area contributed by atoms with Crippen molar-refractivity contribution in [3.8, 4) is 0 Å². The third-order valence-corrected chi connectivity index (χ3v) is 5.33. The van der Waals surface area contributed by atoms with Crippen molar-refractivity contribution in [2.24, 2.45) is 0 Å². The molecule has 2 aromatic rings. The van der Waals surface area contributed by atoms with E-state index >= 15 is 0 Å². The van der Waals surface area contributed by atoms with Gasteiger partial charge in [0.2, 0.25) is 5.91 Å². The van der Waals surface area contributed by atoms with Crippen LogP contribution < -0.4 is 4.90 Å². The van der Waals surface area contributed by atoms with Crippen LogP contribution in [0.5, 0.6) is 0 Å². The van der Waals surface area contributed by atoms with Crippen molar-refractivity contribution in [2.75, 3.05) is 50.7 Å². The molecule has 6 nitrogen and oxygen atoms in total. The fraction of sp³-hybridized carbons (Fsp3) is 0.526. The van der Waals surface area contributed by atoms with Gasteiger partial charge in [0.15, 0.2) is 0 Å². The van der Waals surface area contributed by atoms with E-state index in [2.05, 4.69) is 19.8 Å². The summed E-state index contributed by atoms with van der Waals surface area (Å²) in [4.78, 5) is 27.3. The lowest BCUT2D eigenvalue weighted by Gasteiger charge is -2.36. The highest BCUT2D eigenvalue weighted by Crippen LogP contribution is 2.25. The molecular formula is C19H24FN5O. The summed E-state index contributed by atoms with van der Waals surface area (Å²) in [6, 6.07) is 4.97. The van der Waals surface area contributed by atoms with Crippen LogP contribution in [0, 0.1) is 5.82 Å². The largest absolute Gasteiger partial charge is 0.353 e. The second-order valence-electron chi connectivity index (χ2n) is 7.04. The Morgan fingerprint density at radius 2 is 1.77 bits per heavy atom. The van der Waals surface area contributed by atoms with Crippen LogP contribution in [-0.4, -0.2) is 71.5 Å². The number of piperidine rings is 1. The lowest BCUT2D eigenvalue weighted by molar-refractivity contribution is -0.133. The van der Waals surface area contributed by atoms with Gasteiger partial charge in [0, 0.05) is 44.7 Å². The molecule has 3 heterocycles. The molecule has 0 saturated carbocycles. The fourth-order valence-corrected chi connectivity index (χ4v) is 3.84. The number of carbonyl (C=O) groups is 1. The minimum absolute atomic E-state index is 0.243. The first kappa shape index (κ1) is 17.1. The van der Waals surface area contributed by atoms with Gasteiger partial charge in [0.25, 0.3) is 0 Å². The number of hydrogen-bond donors (Lipinski definition) is 0. The van der Waals surface area contributed by atoms with Gasteiger partial charge in [-0.2, -0.15) is 0 Å². The number of carbonyl (C=O) groups excluding carboxylic acids is 1. The number of likely N-dealkylation sites (tertiary alicyclic amines) is 1. The van der Waals surface area contributed by atoms with E-state index in [-0.39, 0.29) is 11.7 Å². The van der Waals surface area contributed by atoms with Crippen LogP contribution >= 0.6 is 0 Å². The molecule has 0 radical (unpaired) electrons. The van der Waals surface area contributed by atoms with E-state index in [0.29, 0.717) is 12.1 Å². The van der Waals surface area contributed by atoms with Gasteiger partial charge < -0.3 is 9.80 Å². The molecule has 2 aliphatic rings. The average Bonchev–Trinajstić information content (AvgIpc) is 2.69. The van der Waals surface area contributed by atoms with Gasteiger partial charge in [-0.05, 0) is 31.4 Å². The number of amides is 1. The molecule has 7 heteroatoms. The Morgan fingerprint density at radius 1 is 1.00 bits per heavy atom.